The van der Waals surface area contributed by atoms with E-state index >= 15 is 0 Å². The standard InChI is InChI=1S/C16H26N2O/c1-12(17-13(2)15-9-10-19-11-15)14-5-7-16(8-6-14)18(3)4/h5-8,12-13,15,17H,9-11H2,1-4H3. The number of anilines is 1. The van der Waals surface area contributed by atoms with Crippen molar-refractivity contribution in [2.75, 3.05) is 32.2 Å². The Morgan fingerprint density at radius 1 is 1.21 bits per heavy atom. The molecule has 1 saturated heterocycles. The second-order valence-electron chi connectivity index (χ2n) is 5.79. The second kappa shape index (κ2) is 6.40. The van der Waals surface area contributed by atoms with E-state index in [4.69, 9.17) is 4.74 Å². The highest BCUT2D eigenvalue weighted by Gasteiger charge is 2.23. The smallest absolute Gasteiger partial charge is 0.0509 e. The maximum Gasteiger partial charge on any atom is 0.0509 e. The molecule has 1 aliphatic heterocycles. The fourth-order valence-corrected chi connectivity index (χ4v) is 2.63. The van der Waals surface area contributed by atoms with E-state index in [-0.39, 0.29) is 0 Å². The maximum atomic E-state index is 5.46. The monoisotopic (exact) mass is 262 g/mol. The number of rotatable bonds is 5. The molecule has 3 nitrogen and oxygen atoms in total. The van der Waals surface area contributed by atoms with Crippen LogP contribution in [-0.2, 0) is 4.74 Å². The molecule has 0 amide bonds. The summed E-state index contributed by atoms with van der Waals surface area (Å²) >= 11 is 0. The zero-order chi connectivity index (χ0) is 13.8. The van der Waals surface area contributed by atoms with Crippen molar-refractivity contribution in [1.29, 1.82) is 0 Å². The van der Waals surface area contributed by atoms with Crippen molar-refractivity contribution in [3.05, 3.63) is 29.8 Å². The summed E-state index contributed by atoms with van der Waals surface area (Å²) in [4.78, 5) is 2.13. The molecule has 1 aliphatic rings. The van der Waals surface area contributed by atoms with Gasteiger partial charge in [0.2, 0.25) is 0 Å². The van der Waals surface area contributed by atoms with Crippen LogP contribution in [0.25, 0.3) is 0 Å². The molecular formula is C16H26N2O. The minimum absolute atomic E-state index is 0.381. The first-order chi connectivity index (χ1) is 9.08. The van der Waals surface area contributed by atoms with Crippen molar-refractivity contribution >= 4 is 5.69 Å². The lowest BCUT2D eigenvalue weighted by Gasteiger charge is -2.24. The fraction of sp³-hybridized carbons (Fsp3) is 0.625. The molecular weight excluding hydrogens is 236 g/mol. The first-order valence-electron chi connectivity index (χ1n) is 7.19. The summed E-state index contributed by atoms with van der Waals surface area (Å²) < 4.78 is 5.46. The molecule has 1 aromatic carbocycles. The molecule has 0 aromatic heterocycles. The number of nitrogens with one attached hydrogen (secondary N) is 1. The van der Waals surface area contributed by atoms with Gasteiger partial charge in [0.1, 0.15) is 0 Å². The van der Waals surface area contributed by atoms with Gasteiger partial charge in [-0.15, -0.1) is 0 Å². The van der Waals surface area contributed by atoms with Gasteiger partial charge in [-0.2, -0.15) is 0 Å². The van der Waals surface area contributed by atoms with Crippen LogP contribution in [0.4, 0.5) is 5.69 Å². The normalized spacial score (nSPS) is 22.2. The highest BCUT2D eigenvalue weighted by atomic mass is 16.5. The Balaban J connectivity index is 1.93. The zero-order valence-corrected chi connectivity index (χ0v) is 12.5. The lowest BCUT2D eigenvalue weighted by atomic mass is 9.98. The van der Waals surface area contributed by atoms with E-state index in [9.17, 15) is 0 Å². The van der Waals surface area contributed by atoms with E-state index in [0.717, 1.165) is 13.2 Å². The third-order valence-corrected chi connectivity index (χ3v) is 4.09. The van der Waals surface area contributed by atoms with Gasteiger partial charge in [-0.3, -0.25) is 0 Å². The van der Waals surface area contributed by atoms with Gasteiger partial charge in [-0.05, 0) is 43.9 Å². The predicted molar refractivity (Wildman–Crippen MR) is 80.7 cm³/mol. The average molecular weight is 262 g/mol. The number of benzene rings is 1. The topological polar surface area (TPSA) is 24.5 Å². The molecule has 1 fully saturated rings. The van der Waals surface area contributed by atoms with Crippen LogP contribution < -0.4 is 10.2 Å². The molecule has 1 heterocycles. The molecule has 3 heteroatoms. The molecule has 1 N–H and O–H groups in total. The Morgan fingerprint density at radius 2 is 1.89 bits per heavy atom. The zero-order valence-electron chi connectivity index (χ0n) is 12.5. The van der Waals surface area contributed by atoms with Crippen molar-refractivity contribution < 1.29 is 4.74 Å². The highest BCUT2D eigenvalue weighted by molar-refractivity contribution is 5.46. The summed E-state index contributed by atoms with van der Waals surface area (Å²) in [5.74, 6) is 0.656. The van der Waals surface area contributed by atoms with Gasteiger partial charge in [0.15, 0.2) is 0 Å². The Kier molecular flexibility index (Phi) is 4.83. The Bertz CT molecular complexity index is 382. The van der Waals surface area contributed by atoms with Gasteiger partial charge in [0.05, 0.1) is 6.61 Å². The summed E-state index contributed by atoms with van der Waals surface area (Å²) in [6.07, 6.45) is 1.18. The van der Waals surface area contributed by atoms with E-state index in [0.29, 0.717) is 18.0 Å². The van der Waals surface area contributed by atoms with Crippen LogP contribution >= 0.6 is 0 Å². The van der Waals surface area contributed by atoms with Gasteiger partial charge < -0.3 is 15.0 Å². The molecule has 1 aromatic rings. The maximum absolute atomic E-state index is 5.46. The van der Waals surface area contributed by atoms with E-state index in [1.807, 2.05) is 0 Å². The summed E-state index contributed by atoms with van der Waals surface area (Å²) in [6.45, 7) is 6.32. The van der Waals surface area contributed by atoms with Gasteiger partial charge >= 0.3 is 0 Å². The van der Waals surface area contributed by atoms with Crippen LogP contribution in [0.1, 0.15) is 31.9 Å². The van der Waals surface area contributed by atoms with E-state index in [1.165, 1.54) is 17.7 Å². The number of hydrogen-bond acceptors (Lipinski definition) is 3. The molecule has 19 heavy (non-hydrogen) atoms. The third kappa shape index (κ3) is 3.71. The summed E-state index contributed by atoms with van der Waals surface area (Å²) in [5, 5.41) is 3.69. The fourth-order valence-electron chi connectivity index (χ4n) is 2.63. The van der Waals surface area contributed by atoms with Crippen molar-refractivity contribution in [3.63, 3.8) is 0 Å². The van der Waals surface area contributed by atoms with Gasteiger partial charge in [0.25, 0.3) is 0 Å². The molecule has 0 radical (unpaired) electrons. The molecule has 0 saturated carbocycles. The van der Waals surface area contributed by atoms with Crippen LogP contribution in [0.3, 0.4) is 0 Å². The summed E-state index contributed by atoms with van der Waals surface area (Å²) in [6, 6.07) is 9.67. The van der Waals surface area contributed by atoms with Crippen LogP contribution in [0.2, 0.25) is 0 Å². The van der Waals surface area contributed by atoms with E-state index < -0.39 is 0 Å². The van der Waals surface area contributed by atoms with Crippen LogP contribution in [0.15, 0.2) is 24.3 Å². The van der Waals surface area contributed by atoms with Crippen molar-refractivity contribution in [3.8, 4) is 0 Å². The Labute approximate surface area is 116 Å². The lowest BCUT2D eigenvalue weighted by Crippen LogP contribution is -2.35. The van der Waals surface area contributed by atoms with Crippen LogP contribution in [-0.4, -0.2) is 33.4 Å². The Morgan fingerprint density at radius 3 is 2.42 bits per heavy atom. The molecule has 3 unspecified atom stereocenters. The number of hydrogen-bond donors (Lipinski definition) is 1. The molecule has 0 bridgehead atoms. The minimum atomic E-state index is 0.381. The quantitative estimate of drug-likeness (QED) is 0.883. The van der Waals surface area contributed by atoms with Crippen molar-refractivity contribution in [1.82, 2.24) is 5.32 Å². The largest absolute Gasteiger partial charge is 0.381 e. The summed E-state index contributed by atoms with van der Waals surface area (Å²) in [7, 11) is 4.14. The van der Waals surface area contributed by atoms with Crippen LogP contribution in [0.5, 0.6) is 0 Å². The minimum Gasteiger partial charge on any atom is -0.381 e. The first kappa shape index (κ1) is 14.4. The van der Waals surface area contributed by atoms with Gasteiger partial charge in [0, 0.05) is 38.5 Å². The summed E-state index contributed by atoms with van der Waals surface area (Å²) in [5.41, 5.74) is 2.59. The van der Waals surface area contributed by atoms with Gasteiger partial charge in [-0.25, -0.2) is 0 Å². The average Bonchev–Trinajstić information content (AvgIpc) is 2.92. The molecule has 3 atom stereocenters. The van der Waals surface area contributed by atoms with E-state index in [2.05, 4.69) is 62.4 Å². The number of nitrogens with zero attached hydrogens (tertiary/aromatic N) is 1. The molecule has 106 valence electrons. The predicted octanol–water partition coefficient (Wildman–Crippen LogP) is 2.83. The second-order valence-corrected chi connectivity index (χ2v) is 5.79. The lowest BCUT2D eigenvalue weighted by molar-refractivity contribution is 0.177. The first-order valence-corrected chi connectivity index (χ1v) is 7.19. The van der Waals surface area contributed by atoms with Crippen molar-refractivity contribution in [2.24, 2.45) is 5.92 Å². The Hall–Kier alpha value is -1.06. The van der Waals surface area contributed by atoms with Gasteiger partial charge in [-0.1, -0.05) is 12.1 Å². The van der Waals surface area contributed by atoms with E-state index in [1.54, 1.807) is 0 Å². The third-order valence-electron chi connectivity index (χ3n) is 4.09. The highest BCUT2D eigenvalue weighted by Crippen LogP contribution is 2.21. The SMILES string of the molecule is CC(NC(C)C1CCOC1)c1ccc(N(C)C)cc1. The molecule has 0 aliphatic carbocycles. The molecule has 2 rings (SSSR count). The number of ether oxygens (including phenoxy) is 1. The van der Waals surface area contributed by atoms with Crippen molar-refractivity contribution in [2.45, 2.75) is 32.4 Å². The van der Waals surface area contributed by atoms with Crippen LogP contribution in [0, 0.1) is 5.92 Å². The molecule has 0 spiro atoms.